The summed E-state index contributed by atoms with van der Waals surface area (Å²) in [4.78, 5) is 0. The lowest BCUT2D eigenvalue weighted by molar-refractivity contribution is 0.381. The quantitative estimate of drug-likeness (QED) is 0.845. The van der Waals surface area contributed by atoms with Gasteiger partial charge >= 0.3 is 0 Å². The molecule has 0 amide bonds. The zero-order valence-corrected chi connectivity index (χ0v) is 13.9. The summed E-state index contributed by atoms with van der Waals surface area (Å²) in [5, 5.41) is 3.47. The standard InChI is InChI=1S/C17H25NO2S/c1-13-6-4-7-14(2)17(13)11-18-16-9-5-8-15(10-16)12-21(3,19)20/h5-6,8-10,14,17-18H,4,7,11-12H2,1-3H3/t14-,17-/m1/s1. The predicted molar refractivity (Wildman–Crippen MR) is 89.1 cm³/mol. The van der Waals surface area contributed by atoms with E-state index in [1.807, 2.05) is 24.3 Å². The summed E-state index contributed by atoms with van der Waals surface area (Å²) >= 11 is 0. The van der Waals surface area contributed by atoms with Crippen molar-refractivity contribution in [3.63, 3.8) is 0 Å². The van der Waals surface area contributed by atoms with Gasteiger partial charge in [0.1, 0.15) is 0 Å². The highest BCUT2D eigenvalue weighted by molar-refractivity contribution is 7.89. The highest BCUT2D eigenvalue weighted by Gasteiger charge is 2.21. The molecule has 0 spiro atoms. The Labute approximate surface area is 128 Å². The monoisotopic (exact) mass is 307 g/mol. The van der Waals surface area contributed by atoms with Crippen molar-refractivity contribution in [2.24, 2.45) is 11.8 Å². The average Bonchev–Trinajstić information content (AvgIpc) is 2.36. The molecule has 0 aromatic heterocycles. The lowest BCUT2D eigenvalue weighted by Gasteiger charge is -2.29. The van der Waals surface area contributed by atoms with Crippen LogP contribution >= 0.6 is 0 Å². The van der Waals surface area contributed by atoms with Crippen molar-refractivity contribution in [2.75, 3.05) is 18.1 Å². The van der Waals surface area contributed by atoms with Crippen molar-refractivity contribution < 1.29 is 8.42 Å². The van der Waals surface area contributed by atoms with E-state index in [9.17, 15) is 8.42 Å². The van der Waals surface area contributed by atoms with E-state index in [1.165, 1.54) is 24.7 Å². The summed E-state index contributed by atoms with van der Waals surface area (Å²) in [6.45, 7) is 5.43. The van der Waals surface area contributed by atoms with Crippen LogP contribution in [0.3, 0.4) is 0 Å². The largest absolute Gasteiger partial charge is 0.384 e. The highest BCUT2D eigenvalue weighted by atomic mass is 32.2. The molecule has 1 N–H and O–H groups in total. The summed E-state index contributed by atoms with van der Waals surface area (Å²) in [7, 11) is -2.98. The molecule has 0 aliphatic heterocycles. The Morgan fingerprint density at radius 1 is 1.33 bits per heavy atom. The first kappa shape index (κ1) is 16.1. The Hall–Kier alpha value is -1.29. The van der Waals surface area contributed by atoms with Gasteiger partial charge in [-0.25, -0.2) is 8.42 Å². The van der Waals surface area contributed by atoms with Crippen molar-refractivity contribution >= 4 is 15.5 Å². The second-order valence-electron chi connectivity index (χ2n) is 6.26. The number of hydrogen-bond acceptors (Lipinski definition) is 3. The van der Waals surface area contributed by atoms with E-state index in [0.29, 0.717) is 11.8 Å². The molecule has 1 aromatic rings. The van der Waals surface area contributed by atoms with Crippen LogP contribution in [-0.2, 0) is 15.6 Å². The van der Waals surface area contributed by atoms with E-state index in [1.54, 1.807) is 0 Å². The number of nitrogens with one attached hydrogen (secondary N) is 1. The lowest BCUT2D eigenvalue weighted by atomic mass is 9.80. The first-order chi connectivity index (χ1) is 9.85. The molecule has 1 aliphatic carbocycles. The molecule has 0 saturated carbocycles. The molecule has 2 atom stereocenters. The maximum Gasteiger partial charge on any atom is 0.151 e. The number of hydrogen-bond donors (Lipinski definition) is 1. The fourth-order valence-corrected chi connectivity index (χ4v) is 3.82. The third kappa shape index (κ3) is 4.88. The molecule has 0 heterocycles. The van der Waals surface area contributed by atoms with Crippen LogP contribution in [0.15, 0.2) is 35.9 Å². The lowest BCUT2D eigenvalue weighted by Crippen LogP contribution is -2.24. The summed E-state index contributed by atoms with van der Waals surface area (Å²) in [6.07, 6.45) is 6.04. The fourth-order valence-electron chi connectivity index (χ4n) is 3.04. The molecule has 0 unspecified atom stereocenters. The van der Waals surface area contributed by atoms with E-state index in [4.69, 9.17) is 0 Å². The topological polar surface area (TPSA) is 46.2 Å². The number of anilines is 1. The van der Waals surface area contributed by atoms with Gasteiger partial charge < -0.3 is 5.32 Å². The van der Waals surface area contributed by atoms with Gasteiger partial charge in [0.25, 0.3) is 0 Å². The highest BCUT2D eigenvalue weighted by Crippen LogP contribution is 2.30. The first-order valence-electron chi connectivity index (χ1n) is 7.52. The van der Waals surface area contributed by atoms with Crippen LogP contribution in [0, 0.1) is 11.8 Å². The van der Waals surface area contributed by atoms with Crippen LogP contribution in [0.5, 0.6) is 0 Å². The van der Waals surface area contributed by atoms with Crippen molar-refractivity contribution in [1.29, 1.82) is 0 Å². The molecule has 0 radical (unpaired) electrons. The van der Waals surface area contributed by atoms with Gasteiger partial charge in [-0.2, -0.15) is 0 Å². The van der Waals surface area contributed by atoms with Gasteiger partial charge in [0.05, 0.1) is 5.75 Å². The minimum Gasteiger partial charge on any atom is -0.384 e. The zero-order valence-electron chi connectivity index (χ0n) is 13.1. The van der Waals surface area contributed by atoms with Crippen molar-refractivity contribution in [1.82, 2.24) is 0 Å². The van der Waals surface area contributed by atoms with E-state index in [0.717, 1.165) is 17.8 Å². The maximum atomic E-state index is 11.4. The molecule has 3 nitrogen and oxygen atoms in total. The van der Waals surface area contributed by atoms with E-state index >= 15 is 0 Å². The van der Waals surface area contributed by atoms with Crippen LogP contribution in [-0.4, -0.2) is 21.2 Å². The van der Waals surface area contributed by atoms with Crippen LogP contribution in [0.4, 0.5) is 5.69 Å². The number of benzene rings is 1. The second kappa shape index (κ2) is 6.65. The second-order valence-corrected chi connectivity index (χ2v) is 8.40. The van der Waals surface area contributed by atoms with Crippen molar-refractivity contribution in [3.8, 4) is 0 Å². The van der Waals surface area contributed by atoms with Gasteiger partial charge in [0.2, 0.25) is 0 Å². The van der Waals surface area contributed by atoms with Crippen LogP contribution in [0.2, 0.25) is 0 Å². The van der Waals surface area contributed by atoms with Gasteiger partial charge in [0.15, 0.2) is 9.84 Å². The van der Waals surface area contributed by atoms with Gasteiger partial charge in [-0.1, -0.05) is 30.7 Å². The summed E-state index contributed by atoms with van der Waals surface area (Å²) in [5.41, 5.74) is 3.31. The van der Waals surface area contributed by atoms with Gasteiger partial charge in [-0.15, -0.1) is 0 Å². The maximum absolute atomic E-state index is 11.4. The van der Waals surface area contributed by atoms with Crippen LogP contribution in [0.1, 0.15) is 32.3 Å². The molecule has 0 bridgehead atoms. The Morgan fingerprint density at radius 2 is 2.10 bits per heavy atom. The molecule has 21 heavy (non-hydrogen) atoms. The smallest absolute Gasteiger partial charge is 0.151 e. The summed E-state index contributed by atoms with van der Waals surface area (Å²) < 4.78 is 22.8. The Morgan fingerprint density at radius 3 is 2.76 bits per heavy atom. The van der Waals surface area contributed by atoms with E-state index in [2.05, 4.69) is 25.2 Å². The molecule has 4 heteroatoms. The number of allylic oxidation sites excluding steroid dienone is 1. The molecule has 1 aliphatic rings. The third-order valence-corrected chi connectivity index (χ3v) is 5.10. The molecule has 116 valence electrons. The van der Waals surface area contributed by atoms with Gasteiger partial charge in [0, 0.05) is 18.5 Å². The molecular formula is C17H25NO2S. The number of sulfone groups is 1. The van der Waals surface area contributed by atoms with Gasteiger partial charge in [-0.3, -0.25) is 0 Å². The number of rotatable bonds is 5. The summed E-state index contributed by atoms with van der Waals surface area (Å²) in [5.74, 6) is 1.36. The van der Waals surface area contributed by atoms with E-state index in [-0.39, 0.29) is 5.75 Å². The SMILES string of the molecule is CC1=CCC[C@@H](C)[C@@H]1CNc1cccc(CS(C)(=O)=O)c1. The zero-order chi connectivity index (χ0) is 15.5. The normalized spacial score (nSPS) is 22.7. The van der Waals surface area contributed by atoms with E-state index < -0.39 is 9.84 Å². The average molecular weight is 307 g/mol. The minimum atomic E-state index is -2.98. The summed E-state index contributed by atoms with van der Waals surface area (Å²) in [6, 6.07) is 7.71. The Kier molecular flexibility index (Phi) is 5.09. The molecule has 1 aromatic carbocycles. The van der Waals surface area contributed by atoms with Crippen LogP contribution in [0.25, 0.3) is 0 Å². The van der Waals surface area contributed by atoms with Crippen molar-refractivity contribution in [2.45, 2.75) is 32.4 Å². The molecule has 0 saturated heterocycles. The molecular weight excluding hydrogens is 282 g/mol. The van der Waals surface area contributed by atoms with Crippen molar-refractivity contribution in [3.05, 3.63) is 41.5 Å². The molecule has 0 fully saturated rings. The molecule has 2 rings (SSSR count). The third-order valence-electron chi connectivity index (χ3n) is 4.24. The van der Waals surface area contributed by atoms with Gasteiger partial charge in [-0.05, 0) is 49.3 Å². The minimum absolute atomic E-state index is 0.0985. The Bertz CT molecular complexity index is 619. The fraction of sp³-hybridized carbons (Fsp3) is 0.529. The Balaban J connectivity index is 2.02. The van der Waals surface area contributed by atoms with Crippen LogP contribution < -0.4 is 5.32 Å². The predicted octanol–water partition coefficient (Wildman–Crippen LogP) is 3.64. The first-order valence-corrected chi connectivity index (χ1v) is 9.58.